The van der Waals surface area contributed by atoms with Crippen LogP contribution in [0.15, 0.2) is 30.3 Å². The van der Waals surface area contributed by atoms with E-state index in [0.717, 1.165) is 54.8 Å². The van der Waals surface area contributed by atoms with Gasteiger partial charge in [0, 0.05) is 43.0 Å². The van der Waals surface area contributed by atoms with Crippen LogP contribution in [-0.4, -0.2) is 41.1 Å². The van der Waals surface area contributed by atoms with Gasteiger partial charge in [-0.15, -0.1) is 0 Å². The standard InChI is InChI=1S/C21H25N5/c1-14-6-5-7-18-15(2)12-19(24-20(14)18)25-8-10-26(11-9-25)21-22-16(3)13-17(4)23-21/h5-7,12-13H,8-11H2,1-4H3. The van der Waals surface area contributed by atoms with E-state index in [2.05, 4.69) is 57.9 Å². The Morgan fingerprint density at radius 3 is 2.08 bits per heavy atom. The third-order valence-corrected chi connectivity index (χ3v) is 5.09. The van der Waals surface area contributed by atoms with Gasteiger partial charge in [0.2, 0.25) is 5.95 Å². The molecule has 5 nitrogen and oxygen atoms in total. The molecule has 0 N–H and O–H groups in total. The quantitative estimate of drug-likeness (QED) is 0.709. The summed E-state index contributed by atoms with van der Waals surface area (Å²) in [5.74, 6) is 1.92. The minimum Gasteiger partial charge on any atom is -0.353 e. The van der Waals surface area contributed by atoms with Crippen molar-refractivity contribution in [3.05, 3.63) is 52.8 Å². The summed E-state index contributed by atoms with van der Waals surface area (Å²) in [6, 6.07) is 10.6. The first-order valence-electron chi connectivity index (χ1n) is 9.20. The maximum atomic E-state index is 4.96. The summed E-state index contributed by atoms with van der Waals surface area (Å²) in [5, 5.41) is 1.25. The average molecular weight is 347 g/mol. The molecule has 3 heterocycles. The number of pyridine rings is 1. The molecule has 0 amide bonds. The van der Waals surface area contributed by atoms with Crippen LogP contribution in [0.25, 0.3) is 10.9 Å². The fraction of sp³-hybridized carbons (Fsp3) is 0.381. The summed E-state index contributed by atoms with van der Waals surface area (Å²) < 4.78 is 0. The average Bonchev–Trinajstić information content (AvgIpc) is 2.62. The maximum absolute atomic E-state index is 4.96. The van der Waals surface area contributed by atoms with Crippen molar-refractivity contribution >= 4 is 22.7 Å². The largest absolute Gasteiger partial charge is 0.353 e. The molecule has 1 aromatic carbocycles. The smallest absolute Gasteiger partial charge is 0.225 e. The predicted octanol–water partition coefficient (Wildman–Crippen LogP) is 3.59. The topological polar surface area (TPSA) is 45.2 Å². The summed E-state index contributed by atoms with van der Waals surface area (Å²) in [4.78, 5) is 18.8. The van der Waals surface area contributed by atoms with Crippen LogP contribution >= 0.6 is 0 Å². The molecular weight excluding hydrogens is 322 g/mol. The molecule has 4 rings (SSSR count). The van der Waals surface area contributed by atoms with Gasteiger partial charge in [0.25, 0.3) is 0 Å². The molecule has 5 heteroatoms. The van der Waals surface area contributed by atoms with Gasteiger partial charge in [-0.25, -0.2) is 15.0 Å². The third-order valence-electron chi connectivity index (χ3n) is 5.09. The van der Waals surface area contributed by atoms with Crippen LogP contribution in [0.3, 0.4) is 0 Å². The molecular formula is C21H25N5. The normalized spacial score (nSPS) is 14.9. The summed E-state index contributed by atoms with van der Waals surface area (Å²) >= 11 is 0. The molecule has 0 atom stereocenters. The monoisotopic (exact) mass is 347 g/mol. The number of para-hydroxylation sites is 1. The van der Waals surface area contributed by atoms with Gasteiger partial charge in [0.05, 0.1) is 5.52 Å². The Morgan fingerprint density at radius 1 is 0.731 bits per heavy atom. The second-order valence-corrected chi connectivity index (χ2v) is 7.19. The van der Waals surface area contributed by atoms with Crippen molar-refractivity contribution < 1.29 is 0 Å². The third kappa shape index (κ3) is 3.09. The fourth-order valence-electron chi connectivity index (χ4n) is 3.69. The van der Waals surface area contributed by atoms with Crippen molar-refractivity contribution in [3.8, 4) is 0 Å². The number of rotatable bonds is 2. The van der Waals surface area contributed by atoms with E-state index in [4.69, 9.17) is 4.98 Å². The second-order valence-electron chi connectivity index (χ2n) is 7.19. The van der Waals surface area contributed by atoms with E-state index in [9.17, 15) is 0 Å². The molecule has 0 saturated carbocycles. The Labute approximate surface area is 154 Å². The fourth-order valence-corrected chi connectivity index (χ4v) is 3.69. The lowest BCUT2D eigenvalue weighted by molar-refractivity contribution is 0.633. The van der Waals surface area contributed by atoms with E-state index in [-0.39, 0.29) is 0 Å². The molecule has 1 aliphatic rings. The number of hydrogen-bond acceptors (Lipinski definition) is 5. The van der Waals surface area contributed by atoms with Gasteiger partial charge in [-0.05, 0) is 51.0 Å². The highest BCUT2D eigenvalue weighted by Gasteiger charge is 2.21. The van der Waals surface area contributed by atoms with Crippen LogP contribution in [0, 0.1) is 27.7 Å². The Morgan fingerprint density at radius 2 is 1.38 bits per heavy atom. The van der Waals surface area contributed by atoms with E-state index in [1.165, 1.54) is 16.5 Å². The first-order valence-corrected chi connectivity index (χ1v) is 9.20. The first kappa shape index (κ1) is 16.8. The van der Waals surface area contributed by atoms with Crippen LogP contribution in [0.5, 0.6) is 0 Å². The van der Waals surface area contributed by atoms with Crippen LogP contribution in [-0.2, 0) is 0 Å². The number of benzene rings is 1. The van der Waals surface area contributed by atoms with E-state index < -0.39 is 0 Å². The minimum atomic E-state index is 0.848. The zero-order valence-corrected chi connectivity index (χ0v) is 16.0. The Bertz CT molecular complexity index is 938. The highest BCUT2D eigenvalue weighted by atomic mass is 15.3. The molecule has 0 unspecified atom stereocenters. The van der Waals surface area contributed by atoms with Gasteiger partial charge in [0.15, 0.2) is 0 Å². The number of aromatic nitrogens is 3. The Balaban J connectivity index is 1.56. The van der Waals surface area contributed by atoms with E-state index in [1.807, 2.05) is 19.9 Å². The lowest BCUT2D eigenvalue weighted by atomic mass is 10.1. The van der Waals surface area contributed by atoms with Gasteiger partial charge < -0.3 is 9.80 Å². The van der Waals surface area contributed by atoms with Gasteiger partial charge in [-0.1, -0.05) is 18.2 Å². The highest BCUT2D eigenvalue weighted by Crippen LogP contribution is 2.25. The summed E-state index contributed by atoms with van der Waals surface area (Å²) in [6.45, 7) is 12.0. The van der Waals surface area contributed by atoms with Gasteiger partial charge in [-0.3, -0.25) is 0 Å². The van der Waals surface area contributed by atoms with Crippen molar-refractivity contribution in [2.75, 3.05) is 36.0 Å². The number of nitrogens with zero attached hydrogens (tertiary/aromatic N) is 5. The van der Waals surface area contributed by atoms with Crippen LogP contribution in [0.1, 0.15) is 22.5 Å². The minimum absolute atomic E-state index is 0.848. The molecule has 0 bridgehead atoms. The van der Waals surface area contributed by atoms with Gasteiger partial charge in [-0.2, -0.15) is 0 Å². The van der Waals surface area contributed by atoms with E-state index >= 15 is 0 Å². The maximum Gasteiger partial charge on any atom is 0.225 e. The van der Waals surface area contributed by atoms with Crippen LogP contribution < -0.4 is 9.80 Å². The van der Waals surface area contributed by atoms with E-state index in [1.54, 1.807) is 0 Å². The van der Waals surface area contributed by atoms with Crippen molar-refractivity contribution in [2.24, 2.45) is 0 Å². The molecule has 0 radical (unpaired) electrons. The number of hydrogen-bond donors (Lipinski definition) is 0. The van der Waals surface area contributed by atoms with E-state index in [0.29, 0.717) is 0 Å². The zero-order valence-electron chi connectivity index (χ0n) is 16.0. The lowest BCUT2D eigenvalue weighted by Crippen LogP contribution is -2.47. The van der Waals surface area contributed by atoms with Crippen molar-refractivity contribution in [3.63, 3.8) is 0 Å². The Hall–Kier alpha value is -2.69. The predicted molar refractivity (Wildman–Crippen MR) is 107 cm³/mol. The first-order chi connectivity index (χ1) is 12.5. The number of aryl methyl sites for hydroxylation is 4. The summed E-state index contributed by atoms with van der Waals surface area (Å²) in [7, 11) is 0. The molecule has 0 spiro atoms. The van der Waals surface area contributed by atoms with Crippen LogP contribution in [0.4, 0.5) is 11.8 Å². The molecule has 3 aromatic rings. The molecule has 1 fully saturated rings. The Kier molecular flexibility index (Phi) is 4.23. The summed E-state index contributed by atoms with van der Waals surface area (Å²) in [5.41, 5.74) is 5.68. The van der Waals surface area contributed by atoms with Crippen molar-refractivity contribution in [1.29, 1.82) is 0 Å². The molecule has 26 heavy (non-hydrogen) atoms. The molecule has 1 aliphatic heterocycles. The van der Waals surface area contributed by atoms with Crippen molar-refractivity contribution in [1.82, 2.24) is 15.0 Å². The van der Waals surface area contributed by atoms with Crippen LogP contribution in [0.2, 0.25) is 0 Å². The van der Waals surface area contributed by atoms with Gasteiger partial charge >= 0.3 is 0 Å². The molecule has 2 aromatic heterocycles. The van der Waals surface area contributed by atoms with Gasteiger partial charge in [0.1, 0.15) is 5.82 Å². The zero-order chi connectivity index (χ0) is 18.3. The molecule has 134 valence electrons. The summed E-state index contributed by atoms with van der Waals surface area (Å²) in [6.07, 6.45) is 0. The lowest BCUT2D eigenvalue weighted by Gasteiger charge is -2.35. The number of fused-ring (bicyclic) bond motifs is 1. The second kappa shape index (κ2) is 6.56. The number of piperazine rings is 1. The number of anilines is 2. The SMILES string of the molecule is Cc1cc(C)nc(N2CCN(c3cc(C)c4cccc(C)c4n3)CC2)n1. The molecule has 1 saturated heterocycles. The van der Waals surface area contributed by atoms with Crippen molar-refractivity contribution in [2.45, 2.75) is 27.7 Å². The molecule has 0 aliphatic carbocycles. The highest BCUT2D eigenvalue weighted by molar-refractivity contribution is 5.86.